The second-order valence-corrected chi connectivity index (χ2v) is 7.67. The quantitative estimate of drug-likeness (QED) is 0.883. The summed E-state index contributed by atoms with van der Waals surface area (Å²) >= 11 is 1.78. The number of nitrogens with zero attached hydrogens (tertiary/aromatic N) is 1. The Morgan fingerprint density at radius 2 is 1.94 bits per heavy atom. The molecule has 1 N–H and O–H groups in total. The molecule has 1 fully saturated rings. The zero-order chi connectivity index (χ0) is 12.7. The molecule has 0 aromatic carbocycles. The number of aromatic nitrogens is 1. The molecule has 3 heteroatoms. The summed E-state index contributed by atoms with van der Waals surface area (Å²) in [6, 6.07) is 0. The lowest BCUT2D eigenvalue weighted by Gasteiger charge is -2.25. The number of hydrogen-bond donors (Lipinski definition) is 1. The average molecular weight is 252 g/mol. The van der Waals surface area contributed by atoms with Crippen LogP contribution in [0.25, 0.3) is 0 Å². The summed E-state index contributed by atoms with van der Waals surface area (Å²) in [6.45, 7) is 12.2. The van der Waals surface area contributed by atoms with Crippen LogP contribution in [0.3, 0.4) is 0 Å². The van der Waals surface area contributed by atoms with Gasteiger partial charge in [0.05, 0.1) is 5.69 Å². The smallest absolute Gasteiger partial charge is 0.107 e. The topological polar surface area (TPSA) is 24.9 Å². The minimum atomic E-state index is 0.167. The van der Waals surface area contributed by atoms with Crippen LogP contribution in [0.4, 0.5) is 0 Å². The van der Waals surface area contributed by atoms with Crippen molar-refractivity contribution in [1.29, 1.82) is 0 Å². The van der Waals surface area contributed by atoms with Crippen LogP contribution >= 0.6 is 11.3 Å². The SMILES string of the molecule is CC(C)(C)c1csc(CNC(C)(C)C2CC2)n1. The van der Waals surface area contributed by atoms with Gasteiger partial charge in [-0.3, -0.25) is 0 Å². The molecule has 0 atom stereocenters. The summed E-state index contributed by atoms with van der Waals surface area (Å²) in [7, 11) is 0. The molecule has 0 unspecified atom stereocenters. The standard InChI is InChI=1S/C14H24N2S/c1-13(2,3)11-9-17-12(16-11)8-15-14(4,5)10-6-7-10/h9-10,15H,6-8H2,1-5H3. The second kappa shape index (κ2) is 4.36. The molecular formula is C14H24N2S. The molecule has 0 radical (unpaired) electrons. The highest BCUT2D eigenvalue weighted by Gasteiger charge is 2.37. The minimum absolute atomic E-state index is 0.167. The molecule has 0 saturated heterocycles. The third kappa shape index (κ3) is 3.29. The van der Waals surface area contributed by atoms with E-state index in [0.29, 0.717) is 0 Å². The van der Waals surface area contributed by atoms with Crippen molar-refractivity contribution in [2.24, 2.45) is 5.92 Å². The van der Waals surface area contributed by atoms with E-state index in [1.807, 2.05) is 0 Å². The van der Waals surface area contributed by atoms with E-state index < -0.39 is 0 Å². The monoisotopic (exact) mass is 252 g/mol. The molecule has 17 heavy (non-hydrogen) atoms. The summed E-state index contributed by atoms with van der Waals surface area (Å²) in [5.74, 6) is 0.865. The summed E-state index contributed by atoms with van der Waals surface area (Å²) in [5, 5.41) is 7.06. The Bertz CT molecular complexity index is 383. The first-order valence-electron chi connectivity index (χ1n) is 6.49. The highest BCUT2D eigenvalue weighted by atomic mass is 32.1. The Labute approximate surface area is 109 Å². The molecule has 0 bridgehead atoms. The lowest BCUT2D eigenvalue weighted by Crippen LogP contribution is -2.40. The molecule has 2 rings (SSSR count). The third-order valence-electron chi connectivity index (χ3n) is 3.61. The summed E-state index contributed by atoms with van der Waals surface area (Å²) < 4.78 is 0. The normalized spacial score (nSPS) is 17.5. The van der Waals surface area contributed by atoms with E-state index in [-0.39, 0.29) is 11.0 Å². The molecule has 96 valence electrons. The molecule has 1 aromatic rings. The molecule has 2 nitrogen and oxygen atoms in total. The Morgan fingerprint density at radius 1 is 1.29 bits per heavy atom. The van der Waals surface area contributed by atoms with Gasteiger partial charge >= 0.3 is 0 Å². The van der Waals surface area contributed by atoms with Gasteiger partial charge in [-0.15, -0.1) is 11.3 Å². The van der Waals surface area contributed by atoms with Gasteiger partial charge in [-0.1, -0.05) is 20.8 Å². The fourth-order valence-corrected chi connectivity index (χ4v) is 2.95. The zero-order valence-electron chi connectivity index (χ0n) is 11.6. The van der Waals surface area contributed by atoms with Crippen molar-refractivity contribution in [3.05, 3.63) is 16.1 Å². The first-order chi connectivity index (χ1) is 7.79. The van der Waals surface area contributed by atoms with Gasteiger partial charge in [0.15, 0.2) is 0 Å². The van der Waals surface area contributed by atoms with E-state index in [1.54, 1.807) is 11.3 Å². The van der Waals surface area contributed by atoms with Crippen molar-refractivity contribution < 1.29 is 0 Å². The van der Waals surface area contributed by atoms with Gasteiger partial charge in [-0.05, 0) is 32.6 Å². The lowest BCUT2D eigenvalue weighted by atomic mass is 9.93. The maximum atomic E-state index is 4.72. The van der Waals surface area contributed by atoms with Crippen LogP contribution in [0, 0.1) is 5.92 Å². The average Bonchev–Trinajstić information content (AvgIpc) is 2.94. The number of thiazole rings is 1. The maximum absolute atomic E-state index is 4.72. The first-order valence-corrected chi connectivity index (χ1v) is 7.37. The third-order valence-corrected chi connectivity index (χ3v) is 4.46. The van der Waals surface area contributed by atoms with Crippen molar-refractivity contribution in [2.45, 2.75) is 65.0 Å². The second-order valence-electron chi connectivity index (χ2n) is 6.73. The van der Waals surface area contributed by atoms with Gasteiger partial charge in [0.1, 0.15) is 5.01 Å². The van der Waals surface area contributed by atoms with Gasteiger partial charge < -0.3 is 5.32 Å². The van der Waals surface area contributed by atoms with Crippen LogP contribution in [-0.2, 0) is 12.0 Å². The summed E-state index contributed by atoms with van der Waals surface area (Å²) in [6.07, 6.45) is 2.76. The molecule has 1 saturated carbocycles. The highest BCUT2D eigenvalue weighted by Crippen LogP contribution is 2.39. The molecule has 0 spiro atoms. The Balaban J connectivity index is 1.93. The van der Waals surface area contributed by atoms with Crippen molar-refractivity contribution in [2.75, 3.05) is 0 Å². The number of hydrogen-bond acceptors (Lipinski definition) is 3. The van der Waals surface area contributed by atoms with Crippen LogP contribution in [0.2, 0.25) is 0 Å². The van der Waals surface area contributed by atoms with Crippen LogP contribution in [-0.4, -0.2) is 10.5 Å². The van der Waals surface area contributed by atoms with E-state index in [0.717, 1.165) is 12.5 Å². The van der Waals surface area contributed by atoms with Crippen molar-refractivity contribution >= 4 is 11.3 Å². The van der Waals surface area contributed by atoms with Crippen LogP contribution in [0.1, 0.15) is 58.2 Å². The maximum Gasteiger partial charge on any atom is 0.107 e. The van der Waals surface area contributed by atoms with E-state index >= 15 is 0 Å². The first kappa shape index (κ1) is 13.0. The van der Waals surface area contributed by atoms with Crippen LogP contribution in [0.15, 0.2) is 5.38 Å². The summed E-state index contributed by atoms with van der Waals surface area (Å²) in [4.78, 5) is 4.72. The largest absolute Gasteiger partial charge is 0.305 e. The van der Waals surface area contributed by atoms with Gasteiger partial charge in [-0.2, -0.15) is 0 Å². The lowest BCUT2D eigenvalue weighted by molar-refractivity contribution is 0.339. The zero-order valence-corrected chi connectivity index (χ0v) is 12.4. The molecule has 1 aliphatic rings. The fourth-order valence-electron chi connectivity index (χ4n) is 1.99. The van der Waals surface area contributed by atoms with Crippen molar-refractivity contribution in [3.8, 4) is 0 Å². The van der Waals surface area contributed by atoms with Crippen molar-refractivity contribution in [1.82, 2.24) is 10.3 Å². The Kier molecular flexibility index (Phi) is 3.34. The van der Waals surface area contributed by atoms with Crippen molar-refractivity contribution in [3.63, 3.8) is 0 Å². The van der Waals surface area contributed by atoms with Gasteiger partial charge in [0, 0.05) is 22.9 Å². The Morgan fingerprint density at radius 3 is 2.41 bits per heavy atom. The van der Waals surface area contributed by atoms with Gasteiger partial charge in [0.2, 0.25) is 0 Å². The predicted molar refractivity (Wildman–Crippen MR) is 74.5 cm³/mol. The van der Waals surface area contributed by atoms with E-state index in [2.05, 4.69) is 45.3 Å². The van der Waals surface area contributed by atoms with E-state index in [4.69, 9.17) is 4.98 Å². The van der Waals surface area contributed by atoms with Gasteiger partial charge in [0.25, 0.3) is 0 Å². The summed E-state index contributed by atoms with van der Waals surface area (Å²) in [5.41, 5.74) is 1.65. The number of nitrogens with one attached hydrogen (secondary N) is 1. The Hall–Kier alpha value is -0.410. The van der Waals surface area contributed by atoms with Gasteiger partial charge in [-0.25, -0.2) is 4.98 Å². The fraction of sp³-hybridized carbons (Fsp3) is 0.786. The highest BCUT2D eigenvalue weighted by molar-refractivity contribution is 7.09. The molecule has 1 heterocycles. The molecular weight excluding hydrogens is 228 g/mol. The molecule has 1 aliphatic carbocycles. The van der Waals surface area contributed by atoms with E-state index in [9.17, 15) is 0 Å². The number of rotatable bonds is 4. The molecule has 0 amide bonds. The molecule has 1 aromatic heterocycles. The minimum Gasteiger partial charge on any atom is -0.305 e. The molecule has 0 aliphatic heterocycles. The van der Waals surface area contributed by atoms with Crippen LogP contribution < -0.4 is 5.32 Å². The van der Waals surface area contributed by atoms with E-state index in [1.165, 1.54) is 23.5 Å². The van der Waals surface area contributed by atoms with Crippen LogP contribution in [0.5, 0.6) is 0 Å². The predicted octanol–water partition coefficient (Wildman–Crippen LogP) is 3.72.